The fraction of sp³-hybridized carbons (Fsp3) is 0.350. The minimum atomic E-state index is 0.0525. The fourth-order valence-corrected chi connectivity index (χ4v) is 2.77. The summed E-state index contributed by atoms with van der Waals surface area (Å²) in [5, 5.41) is 12.6. The van der Waals surface area contributed by atoms with E-state index in [-0.39, 0.29) is 5.91 Å². The van der Waals surface area contributed by atoms with E-state index in [1.54, 1.807) is 4.90 Å². The van der Waals surface area contributed by atoms with Crippen LogP contribution in [0.25, 0.3) is 0 Å². The number of rotatable bonds is 6. The molecule has 0 unspecified atom stereocenters. The molecule has 1 N–H and O–H groups in total. The Labute approximate surface area is 149 Å². The van der Waals surface area contributed by atoms with Crippen LogP contribution in [0.1, 0.15) is 46.7 Å². The number of carbonyl (C=O) groups excluding carboxylic acids is 1. The highest BCUT2D eigenvalue weighted by atomic mass is 16.2. The third-order valence-electron chi connectivity index (χ3n) is 4.17. The number of nitriles is 1. The Balaban J connectivity index is 2.11. The molecule has 0 saturated heterocycles. The van der Waals surface area contributed by atoms with Gasteiger partial charge in [-0.25, -0.2) is 0 Å². The molecule has 1 aromatic carbocycles. The monoisotopic (exact) mass is 336 g/mol. The third kappa shape index (κ3) is 4.36. The summed E-state index contributed by atoms with van der Waals surface area (Å²) >= 11 is 0. The molecule has 0 saturated carbocycles. The van der Waals surface area contributed by atoms with Crippen molar-refractivity contribution in [2.45, 2.75) is 34.2 Å². The molecule has 2 rings (SSSR count). The minimum absolute atomic E-state index is 0.0525. The lowest BCUT2D eigenvalue weighted by molar-refractivity contribution is 0.0773. The predicted molar refractivity (Wildman–Crippen MR) is 99.4 cm³/mol. The van der Waals surface area contributed by atoms with Crippen LogP contribution in [0.2, 0.25) is 0 Å². The zero-order valence-corrected chi connectivity index (χ0v) is 15.3. The topological polar surface area (TPSA) is 69.0 Å². The van der Waals surface area contributed by atoms with Gasteiger partial charge in [0, 0.05) is 30.9 Å². The van der Waals surface area contributed by atoms with Crippen molar-refractivity contribution < 1.29 is 4.79 Å². The summed E-state index contributed by atoms with van der Waals surface area (Å²) in [6.07, 6.45) is 0. The van der Waals surface area contributed by atoms with Crippen molar-refractivity contribution >= 4 is 11.6 Å². The second-order valence-electron chi connectivity index (χ2n) is 5.91. The van der Waals surface area contributed by atoms with E-state index in [4.69, 9.17) is 0 Å². The molecule has 0 aliphatic rings. The number of hydrogen-bond donors (Lipinski definition) is 1. The molecule has 5 nitrogen and oxygen atoms in total. The summed E-state index contributed by atoms with van der Waals surface area (Å²) in [5.74, 6) is 0.0525. The Hall–Kier alpha value is -2.87. The summed E-state index contributed by atoms with van der Waals surface area (Å²) < 4.78 is 0. The average molecular weight is 336 g/mol. The van der Waals surface area contributed by atoms with Crippen LogP contribution in [-0.2, 0) is 6.54 Å². The molecule has 25 heavy (non-hydrogen) atoms. The molecule has 0 fully saturated rings. The molecule has 130 valence electrons. The van der Waals surface area contributed by atoms with Crippen molar-refractivity contribution in [3.63, 3.8) is 0 Å². The minimum Gasteiger partial charge on any atom is -0.380 e. The molecule has 2 aromatic rings. The highest BCUT2D eigenvalue weighted by Crippen LogP contribution is 2.19. The zero-order chi connectivity index (χ0) is 18.4. The Bertz CT molecular complexity index is 787. The number of hydrogen-bond acceptors (Lipinski definition) is 4. The summed E-state index contributed by atoms with van der Waals surface area (Å²) in [6.45, 7) is 9.69. The van der Waals surface area contributed by atoms with E-state index in [0.29, 0.717) is 30.8 Å². The van der Waals surface area contributed by atoms with E-state index in [1.807, 2.05) is 58.0 Å². The van der Waals surface area contributed by atoms with E-state index in [2.05, 4.69) is 16.4 Å². The maximum absolute atomic E-state index is 12.3. The predicted octanol–water partition coefficient (Wildman–Crippen LogP) is 3.66. The third-order valence-corrected chi connectivity index (χ3v) is 4.17. The average Bonchev–Trinajstić information content (AvgIpc) is 2.61. The molecule has 5 heteroatoms. The second kappa shape index (κ2) is 8.29. The van der Waals surface area contributed by atoms with Gasteiger partial charge in [-0.2, -0.15) is 5.26 Å². The van der Waals surface area contributed by atoms with Gasteiger partial charge < -0.3 is 10.2 Å². The molecule has 0 radical (unpaired) electrons. The quantitative estimate of drug-likeness (QED) is 0.874. The number of nitrogens with one attached hydrogen (secondary N) is 1. The lowest BCUT2D eigenvalue weighted by Crippen LogP contribution is -2.30. The van der Waals surface area contributed by atoms with Crippen molar-refractivity contribution in [1.29, 1.82) is 5.26 Å². The number of pyridine rings is 1. The van der Waals surface area contributed by atoms with Crippen molar-refractivity contribution in [2.24, 2.45) is 0 Å². The first kappa shape index (κ1) is 18.5. The van der Waals surface area contributed by atoms with Crippen LogP contribution < -0.4 is 5.32 Å². The van der Waals surface area contributed by atoms with Crippen LogP contribution in [0.4, 0.5) is 5.69 Å². The molecular weight excluding hydrogens is 312 g/mol. The van der Waals surface area contributed by atoms with Crippen LogP contribution >= 0.6 is 0 Å². The van der Waals surface area contributed by atoms with Gasteiger partial charge in [-0.05, 0) is 51.5 Å². The summed E-state index contributed by atoms with van der Waals surface area (Å²) in [7, 11) is 0. The molecule has 0 aliphatic heterocycles. The first-order valence-electron chi connectivity index (χ1n) is 8.50. The van der Waals surface area contributed by atoms with Gasteiger partial charge in [0.25, 0.3) is 5.91 Å². The van der Waals surface area contributed by atoms with E-state index in [0.717, 1.165) is 22.6 Å². The lowest BCUT2D eigenvalue weighted by Gasteiger charge is -2.18. The lowest BCUT2D eigenvalue weighted by atomic mass is 10.1. The van der Waals surface area contributed by atoms with Gasteiger partial charge in [0.1, 0.15) is 6.07 Å². The molecule has 1 aromatic heterocycles. The van der Waals surface area contributed by atoms with Gasteiger partial charge >= 0.3 is 0 Å². The first-order valence-corrected chi connectivity index (χ1v) is 8.50. The number of aromatic nitrogens is 1. The molecule has 1 heterocycles. The van der Waals surface area contributed by atoms with Crippen molar-refractivity contribution in [1.82, 2.24) is 9.88 Å². The Morgan fingerprint density at radius 2 is 1.84 bits per heavy atom. The van der Waals surface area contributed by atoms with Gasteiger partial charge in [-0.3, -0.25) is 9.78 Å². The molecule has 1 amide bonds. The Morgan fingerprint density at radius 3 is 2.40 bits per heavy atom. The Morgan fingerprint density at radius 1 is 1.20 bits per heavy atom. The summed E-state index contributed by atoms with van der Waals surface area (Å²) in [5.41, 5.74) is 4.70. The first-order chi connectivity index (χ1) is 12.0. The molecule has 0 bridgehead atoms. The van der Waals surface area contributed by atoms with Crippen LogP contribution in [0.15, 0.2) is 30.3 Å². The molecule has 0 aliphatic carbocycles. The van der Waals surface area contributed by atoms with Gasteiger partial charge in [0.15, 0.2) is 0 Å². The highest BCUT2D eigenvalue weighted by Gasteiger charge is 2.12. The van der Waals surface area contributed by atoms with Crippen LogP contribution in [0.5, 0.6) is 0 Å². The normalized spacial score (nSPS) is 10.2. The summed E-state index contributed by atoms with van der Waals surface area (Å²) in [6, 6.07) is 11.7. The summed E-state index contributed by atoms with van der Waals surface area (Å²) in [4.78, 5) is 18.4. The van der Waals surface area contributed by atoms with Gasteiger partial charge in [0.2, 0.25) is 0 Å². The maximum Gasteiger partial charge on any atom is 0.253 e. The molecule has 0 spiro atoms. The van der Waals surface area contributed by atoms with E-state index >= 15 is 0 Å². The van der Waals surface area contributed by atoms with Crippen LogP contribution in [-0.4, -0.2) is 28.9 Å². The number of amides is 1. The number of nitrogens with zero attached hydrogens (tertiary/aromatic N) is 3. The zero-order valence-electron chi connectivity index (χ0n) is 15.3. The number of aryl methyl sites for hydroxylation is 2. The van der Waals surface area contributed by atoms with Crippen molar-refractivity contribution in [2.75, 3.05) is 18.4 Å². The van der Waals surface area contributed by atoms with Gasteiger partial charge in [0.05, 0.1) is 16.9 Å². The van der Waals surface area contributed by atoms with Crippen LogP contribution in [0, 0.1) is 25.2 Å². The fourth-order valence-electron chi connectivity index (χ4n) is 2.77. The SMILES string of the molecule is CCN(CC)C(=O)c1ccc(CNc2cc(C)nc(C)c2C#N)cc1. The molecule has 0 atom stereocenters. The molecular formula is C20H24N4O. The highest BCUT2D eigenvalue weighted by molar-refractivity contribution is 5.94. The van der Waals surface area contributed by atoms with E-state index < -0.39 is 0 Å². The van der Waals surface area contributed by atoms with E-state index in [1.165, 1.54) is 0 Å². The number of benzene rings is 1. The van der Waals surface area contributed by atoms with Crippen molar-refractivity contribution in [3.8, 4) is 6.07 Å². The Kier molecular flexibility index (Phi) is 6.13. The van der Waals surface area contributed by atoms with Crippen molar-refractivity contribution in [3.05, 3.63) is 58.4 Å². The number of anilines is 1. The smallest absolute Gasteiger partial charge is 0.253 e. The van der Waals surface area contributed by atoms with Gasteiger partial charge in [-0.1, -0.05) is 12.1 Å². The largest absolute Gasteiger partial charge is 0.380 e. The van der Waals surface area contributed by atoms with Crippen LogP contribution in [0.3, 0.4) is 0 Å². The second-order valence-corrected chi connectivity index (χ2v) is 5.91. The van der Waals surface area contributed by atoms with Gasteiger partial charge in [-0.15, -0.1) is 0 Å². The standard InChI is InChI=1S/C20H24N4O/c1-5-24(6-2)20(25)17-9-7-16(8-10-17)13-22-19-11-14(3)23-15(4)18(19)12-21/h7-11H,5-6,13H2,1-4H3,(H,22,23). The maximum atomic E-state index is 12.3. The van der Waals surface area contributed by atoms with E-state index in [9.17, 15) is 10.1 Å². The number of carbonyl (C=O) groups is 1.